The van der Waals surface area contributed by atoms with Crippen LogP contribution in [0.3, 0.4) is 0 Å². The zero-order chi connectivity index (χ0) is 8.27. The van der Waals surface area contributed by atoms with Crippen molar-refractivity contribution < 1.29 is 4.74 Å². The molecule has 2 nitrogen and oxygen atoms in total. The lowest BCUT2D eigenvalue weighted by molar-refractivity contribution is 0.342. The van der Waals surface area contributed by atoms with Crippen LogP contribution in [0.2, 0.25) is 5.02 Å². The molecule has 1 aromatic carbocycles. The summed E-state index contributed by atoms with van der Waals surface area (Å²) >= 11 is 5.68. The number of rotatable bonds is 2. The molecule has 0 aliphatic carbocycles. The molecule has 0 saturated carbocycles. The van der Waals surface area contributed by atoms with Gasteiger partial charge in [-0.3, -0.25) is 0 Å². The van der Waals surface area contributed by atoms with Crippen molar-refractivity contribution in [3.63, 3.8) is 0 Å². The van der Waals surface area contributed by atoms with Crippen LogP contribution >= 0.6 is 11.6 Å². The predicted octanol–water partition coefficient (Wildman–Crippen LogP) is 2.32. The zero-order valence-electron chi connectivity index (χ0n) is 6.30. The van der Waals surface area contributed by atoms with E-state index in [1.54, 1.807) is 18.2 Å². The van der Waals surface area contributed by atoms with E-state index < -0.39 is 0 Å². The highest BCUT2D eigenvalue weighted by Crippen LogP contribution is 2.24. The largest absolute Gasteiger partial charge is 0.492 e. The Hall–Kier alpha value is -0.890. The van der Waals surface area contributed by atoms with Crippen molar-refractivity contribution in [1.29, 1.82) is 0 Å². The molecule has 0 radical (unpaired) electrons. The minimum absolute atomic E-state index is 0.583. The fraction of sp³-hybridized carbons (Fsp3) is 0.250. The van der Waals surface area contributed by atoms with Gasteiger partial charge in [0.05, 0.1) is 12.3 Å². The van der Waals surface area contributed by atoms with Crippen LogP contribution < -0.4 is 10.5 Å². The second-order valence-corrected chi connectivity index (χ2v) is 2.55. The number of hydrogen-bond donors (Lipinski definition) is 1. The summed E-state index contributed by atoms with van der Waals surface area (Å²) in [6.45, 7) is 2.53. The Morgan fingerprint density at radius 2 is 2.27 bits per heavy atom. The van der Waals surface area contributed by atoms with Gasteiger partial charge in [0.2, 0.25) is 0 Å². The van der Waals surface area contributed by atoms with Gasteiger partial charge in [-0.25, -0.2) is 0 Å². The highest BCUT2D eigenvalue weighted by molar-refractivity contribution is 6.30. The quantitative estimate of drug-likeness (QED) is 0.694. The van der Waals surface area contributed by atoms with Gasteiger partial charge in [0.25, 0.3) is 0 Å². The van der Waals surface area contributed by atoms with Crippen LogP contribution in [0.1, 0.15) is 6.92 Å². The molecule has 1 rings (SSSR count). The first-order valence-corrected chi connectivity index (χ1v) is 3.79. The standard InChI is InChI=1S/C8H10ClNO/c1-2-11-8-4-3-6(9)5-7(8)10/h3-5H,2,10H2,1H3. The molecule has 11 heavy (non-hydrogen) atoms. The maximum absolute atomic E-state index is 5.68. The first-order valence-electron chi connectivity index (χ1n) is 3.42. The molecule has 1 aromatic rings. The van der Waals surface area contributed by atoms with Gasteiger partial charge in [-0.05, 0) is 25.1 Å². The SMILES string of the molecule is CCOc1ccc(Cl)cc1N. The molecular weight excluding hydrogens is 162 g/mol. The molecule has 3 heteroatoms. The summed E-state index contributed by atoms with van der Waals surface area (Å²) in [7, 11) is 0. The van der Waals surface area contributed by atoms with Crippen molar-refractivity contribution in [2.75, 3.05) is 12.3 Å². The number of nitrogen functional groups attached to an aromatic ring is 1. The van der Waals surface area contributed by atoms with E-state index >= 15 is 0 Å². The summed E-state index contributed by atoms with van der Waals surface area (Å²) in [4.78, 5) is 0. The fourth-order valence-corrected chi connectivity index (χ4v) is 0.987. The smallest absolute Gasteiger partial charge is 0.142 e. The van der Waals surface area contributed by atoms with Gasteiger partial charge in [-0.1, -0.05) is 11.6 Å². The number of hydrogen-bond acceptors (Lipinski definition) is 2. The number of benzene rings is 1. The van der Waals surface area contributed by atoms with Crippen LogP contribution in [0.15, 0.2) is 18.2 Å². The minimum atomic E-state index is 0.583. The summed E-state index contributed by atoms with van der Waals surface area (Å²) in [6, 6.07) is 5.19. The van der Waals surface area contributed by atoms with Crippen LogP contribution in [0.4, 0.5) is 5.69 Å². The molecule has 60 valence electrons. The Morgan fingerprint density at radius 3 is 2.82 bits per heavy atom. The molecule has 0 unspecified atom stereocenters. The van der Waals surface area contributed by atoms with Gasteiger partial charge >= 0.3 is 0 Å². The normalized spacial score (nSPS) is 9.64. The molecule has 0 aromatic heterocycles. The highest BCUT2D eigenvalue weighted by Gasteiger charge is 1.98. The van der Waals surface area contributed by atoms with Crippen molar-refractivity contribution in [2.24, 2.45) is 0 Å². The molecule has 0 atom stereocenters. The third-order valence-electron chi connectivity index (χ3n) is 1.27. The molecule has 0 spiro atoms. The average molecular weight is 172 g/mol. The van der Waals surface area contributed by atoms with Crippen molar-refractivity contribution in [3.8, 4) is 5.75 Å². The maximum atomic E-state index is 5.68. The lowest BCUT2D eigenvalue weighted by Gasteiger charge is -2.05. The Bertz CT molecular complexity index is 250. The van der Waals surface area contributed by atoms with E-state index in [-0.39, 0.29) is 0 Å². The molecule has 0 amide bonds. The van der Waals surface area contributed by atoms with Gasteiger partial charge in [0, 0.05) is 5.02 Å². The van der Waals surface area contributed by atoms with E-state index in [2.05, 4.69) is 0 Å². The second-order valence-electron chi connectivity index (χ2n) is 2.12. The van der Waals surface area contributed by atoms with Crippen LogP contribution in [0.25, 0.3) is 0 Å². The van der Waals surface area contributed by atoms with E-state index in [1.807, 2.05) is 6.92 Å². The van der Waals surface area contributed by atoms with E-state index in [9.17, 15) is 0 Å². The molecule has 0 saturated heterocycles. The monoisotopic (exact) mass is 171 g/mol. The Balaban J connectivity index is 2.90. The summed E-state index contributed by atoms with van der Waals surface area (Å²) in [5.41, 5.74) is 6.18. The van der Waals surface area contributed by atoms with Gasteiger partial charge in [-0.2, -0.15) is 0 Å². The topological polar surface area (TPSA) is 35.2 Å². The van der Waals surface area contributed by atoms with Crippen molar-refractivity contribution in [1.82, 2.24) is 0 Å². The zero-order valence-corrected chi connectivity index (χ0v) is 7.06. The van der Waals surface area contributed by atoms with Gasteiger partial charge < -0.3 is 10.5 Å². The van der Waals surface area contributed by atoms with Crippen LogP contribution in [0, 0.1) is 0 Å². The van der Waals surface area contributed by atoms with Crippen LogP contribution in [0.5, 0.6) is 5.75 Å². The van der Waals surface area contributed by atoms with Crippen LogP contribution in [-0.2, 0) is 0 Å². The summed E-state index contributed by atoms with van der Waals surface area (Å²) in [5.74, 6) is 0.692. The molecular formula is C8H10ClNO. The number of nitrogens with two attached hydrogens (primary N) is 1. The lowest BCUT2D eigenvalue weighted by Crippen LogP contribution is -1.95. The van der Waals surface area contributed by atoms with Crippen LogP contribution in [-0.4, -0.2) is 6.61 Å². The summed E-state index contributed by atoms with van der Waals surface area (Å²) in [5, 5.41) is 0.631. The summed E-state index contributed by atoms with van der Waals surface area (Å²) < 4.78 is 5.21. The molecule has 0 heterocycles. The van der Waals surface area contributed by atoms with Gasteiger partial charge in [0.15, 0.2) is 0 Å². The van der Waals surface area contributed by atoms with Crippen molar-refractivity contribution in [2.45, 2.75) is 6.92 Å². The third kappa shape index (κ3) is 2.02. The molecule has 0 aliphatic rings. The number of anilines is 1. The number of ether oxygens (including phenoxy) is 1. The predicted molar refractivity (Wildman–Crippen MR) is 47.0 cm³/mol. The molecule has 0 bridgehead atoms. The number of halogens is 1. The van der Waals surface area contributed by atoms with E-state index in [1.165, 1.54) is 0 Å². The van der Waals surface area contributed by atoms with E-state index in [4.69, 9.17) is 22.1 Å². The van der Waals surface area contributed by atoms with Crippen molar-refractivity contribution in [3.05, 3.63) is 23.2 Å². The average Bonchev–Trinajstić information content (AvgIpc) is 1.95. The first kappa shape index (κ1) is 8.21. The molecule has 0 fully saturated rings. The first-order chi connectivity index (χ1) is 5.24. The van der Waals surface area contributed by atoms with Gasteiger partial charge in [-0.15, -0.1) is 0 Å². The Kier molecular flexibility index (Phi) is 2.60. The Morgan fingerprint density at radius 1 is 1.55 bits per heavy atom. The third-order valence-corrected chi connectivity index (χ3v) is 1.51. The van der Waals surface area contributed by atoms with Gasteiger partial charge in [0.1, 0.15) is 5.75 Å². The molecule has 0 aliphatic heterocycles. The van der Waals surface area contributed by atoms with E-state index in [0.717, 1.165) is 0 Å². The van der Waals surface area contributed by atoms with E-state index in [0.29, 0.717) is 23.1 Å². The van der Waals surface area contributed by atoms with Crippen molar-refractivity contribution >= 4 is 17.3 Å². The lowest BCUT2D eigenvalue weighted by atomic mass is 10.3. The minimum Gasteiger partial charge on any atom is -0.492 e. The molecule has 2 N–H and O–H groups in total. The summed E-state index contributed by atoms with van der Waals surface area (Å²) in [6.07, 6.45) is 0. The second kappa shape index (κ2) is 3.49. The highest BCUT2D eigenvalue weighted by atomic mass is 35.5. The fourth-order valence-electron chi connectivity index (χ4n) is 0.806. The maximum Gasteiger partial charge on any atom is 0.142 e. The Labute approximate surface area is 70.9 Å².